The van der Waals surface area contributed by atoms with Crippen LogP contribution in [0.15, 0.2) is 11.3 Å². The summed E-state index contributed by atoms with van der Waals surface area (Å²) < 4.78 is 0. The molecular formula is C12H20O2. The van der Waals surface area contributed by atoms with Crippen molar-refractivity contribution in [3.63, 3.8) is 0 Å². The summed E-state index contributed by atoms with van der Waals surface area (Å²) in [6, 6.07) is 0. The molecule has 2 unspecified atom stereocenters. The SMILES string of the molecule is CCC(=O)C(C)=C(O)C1CCC(C)C1. The lowest BCUT2D eigenvalue weighted by Crippen LogP contribution is -2.07. The van der Waals surface area contributed by atoms with E-state index in [2.05, 4.69) is 6.92 Å². The van der Waals surface area contributed by atoms with Gasteiger partial charge in [0.25, 0.3) is 0 Å². The zero-order valence-electron chi connectivity index (χ0n) is 9.34. The Kier molecular flexibility index (Phi) is 3.73. The van der Waals surface area contributed by atoms with Gasteiger partial charge >= 0.3 is 0 Å². The van der Waals surface area contributed by atoms with Crippen molar-refractivity contribution in [2.75, 3.05) is 0 Å². The lowest BCUT2D eigenvalue weighted by molar-refractivity contribution is -0.115. The Balaban J connectivity index is 2.72. The highest BCUT2D eigenvalue weighted by Crippen LogP contribution is 2.35. The van der Waals surface area contributed by atoms with Crippen LogP contribution in [0.5, 0.6) is 0 Å². The van der Waals surface area contributed by atoms with Gasteiger partial charge in [0, 0.05) is 17.9 Å². The Morgan fingerprint density at radius 2 is 2.07 bits per heavy atom. The molecule has 1 aliphatic carbocycles. The predicted molar refractivity (Wildman–Crippen MR) is 57.1 cm³/mol. The molecule has 1 aliphatic rings. The maximum absolute atomic E-state index is 11.4. The number of rotatable bonds is 3. The third-order valence-electron chi connectivity index (χ3n) is 3.21. The molecule has 0 aromatic heterocycles. The van der Waals surface area contributed by atoms with Crippen LogP contribution in [-0.2, 0) is 4.79 Å². The number of carbonyl (C=O) groups excluding carboxylic acids is 1. The van der Waals surface area contributed by atoms with Crippen molar-refractivity contribution in [1.82, 2.24) is 0 Å². The number of hydrogen-bond donors (Lipinski definition) is 1. The fraction of sp³-hybridized carbons (Fsp3) is 0.750. The van der Waals surface area contributed by atoms with E-state index in [1.807, 2.05) is 6.92 Å². The average molecular weight is 196 g/mol. The summed E-state index contributed by atoms with van der Waals surface area (Å²) in [5.74, 6) is 1.34. The van der Waals surface area contributed by atoms with Gasteiger partial charge in [-0.2, -0.15) is 0 Å². The van der Waals surface area contributed by atoms with E-state index in [-0.39, 0.29) is 11.7 Å². The van der Waals surface area contributed by atoms with E-state index in [4.69, 9.17) is 0 Å². The minimum atomic E-state index is 0.0713. The summed E-state index contributed by atoms with van der Waals surface area (Å²) in [5, 5.41) is 9.90. The Bertz CT molecular complexity index is 253. The molecule has 2 nitrogen and oxygen atoms in total. The molecule has 0 aliphatic heterocycles. The molecule has 1 rings (SSSR count). The Hall–Kier alpha value is -0.790. The molecule has 1 fully saturated rings. The molecule has 14 heavy (non-hydrogen) atoms. The topological polar surface area (TPSA) is 37.3 Å². The van der Waals surface area contributed by atoms with E-state index >= 15 is 0 Å². The van der Waals surface area contributed by atoms with Gasteiger partial charge in [0.2, 0.25) is 0 Å². The second-order valence-corrected chi connectivity index (χ2v) is 4.40. The minimum absolute atomic E-state index is 0.0713. The number of carbonyl (C=O) groups is 1. The lowest BCUT2D eigenvalue weighted by Gasteiger charge is -2.11. The fourth-order valence-electron chi connectivity index (χ4n) is 2.17. The van der Waals surface area contributed by atoms with E-state index in [9.17, 15) is 9.90 Å². The summed E-state index contributed by atoms with van der Waals surface area (Å²) in [5.41, 5.74) is 0.576. The average Bonchev–Trinajstić information content (AvgIpc) is 2.61. The van der Waals surface area contributed by atoms with Gasteiger partial charge < -0.3 is 5.11 Å². The van der Waals surface area contributed by atoms with Crippen LogP contribution in [0.1, 0.15) is 46.5 Å². The lowest BCUT2D eigenvalue weighted by atomic mass is 9.98. The molecule has 2 heteroatoms. The highest BCUT2D eigenvalue weighted by atomic mass is 16.3. The summed E-state index contributed by atoms with van der Waals surface area (Å²) >= 11 is 0. The second-order valence-electron chi connectivity index (χ2n) is 4.40. The van der Waals surface area contributed by atoms with Gasteiger partial charge in [0.05, 0.1) is 0 Å². The van der Waals surface area contributed by atoms with Gasteiger partial charge in [-0.3, -0.25) is 4.79 Å². The molecule has 80 valence electrons. The molecule has 0 radical (unpaired) electrons. The van der Waals surface area contributed by atoms with E-state index < -0.39 is 0 Å². The van der Waals surface area contributed by atoms with Gasteiger partial charge in [-0.05, 0) is 32.1 Å². The first-order chi connectivity index (χ1) is 6.56. The first kappa shape index (κ1) is 11.3. The highest BCUT2D eigenvalue weighted by Gasteiger charge is 2.26. The molecule has 0 aromatic carbocycles. The Morgan fingerprint density at radius 3 is 2.50 bits per heavy atom. The summed E-state index contributed by atoms with van der Waals surface area (Å²) in [6.07, 6.45) is 3.71. The van der Waals surface area contributed by atoms with E-state index in [0.717, 1.165) is 12.8 Å². The molecular weight excluding hydrogens is 176 g/mol. The molecule has 0 bridgehead atoms. The number of hydrogen-bond acceptors (Lipinski definition) is 2. The predicted octanol–water partition coefficient (Wildman–Crippen LogP) is 3.23. The van der Waals surface area contributed by atoms with Crippen LogP contribution in [0.25, 0.3) is 0 Å². The zero-order chi connectivity index (χ0) is 10.7. The molecule has 1 N–H and O–H groups in total. The van der Waals surface area contributed by atoms with Crippen molar-refractivity contribution in [3.8, 4) is 0 Å². The standard InChI is InChI=1S/C12H20O2/c1-4-11(13)9(3)12(14)10-6-5-8(2)7-10/h8,10,14H,4-7H2,1-3H3. The molecule has 0 amide bonds. The minimum Gasteiger partial charge on any atom is -0.512 e. The zero-order valence-corrected chi connectivity index (χ0v) is 9.34. The number of allylic oxidation sites excluding steroid dienone is 2. The third-order valence-corrected chi connectivity index (χ3v) is 3.21. The van der Waals surface area contributed by atoms with Crippen LogP contribution in [-0.4, -0.2) is 10.9 Å². The highest BCUT2D eigenvalue weighted by molar-refractivity contribution is 5.94. The van der Waals surface area contributed by atoms with Crippen LogP contribution in [0.3, 0.4) is 0 Å². The first-order valence-corrected chi connectivity index (χ1v) is 5.49. The summed E-state index contributed by atoms with van der Waals surface area (Å²) in [4.78, 5) is 11.4. The first-order valence-electron chi connectivity index (χ1n) is 5.49. The van der Waals surface area contributed by atoms with Crippen molar-refractivity contribution in [3.05, 3.63) is 11.3 Å². The van der Waals surface area contributed by atoms with Crippen molar-refractivity contribution >= 4 is 5.78 Å². The monoisotopic (exact) mass is 196 g/mol. The molecule has 0 spiro atoms. The largest absolute Gasteiger partial charge is 0.512 e. The molecule has 0 saturated heterocycles. The smallest absolute Gasteiger partial charge is 0.161 e. The summed E-state index contributed by atoms with van der Waals surface area (Å²) in [6.45, 7) is 5.77. The van der Waals surface area contributed by atoms with Crippen molar-refractivity contribution in [2.45, 2.75) is 46.5 Å². The normalized spacial score (nSPS) is 28.8. The second kappa shape index (κ2) is 4.63. The van der Waals surface area contributed by atoms with E-state index in [1.165, 1.54) is 6.42 Å². The van der Waals surface area contributed by atoms with Crippen molar-refractivity contribution < 1.29 is 9.90 Å². The molecule has 2 atom stereocenters. The van der Waals surface area contributed by atoms with Crippen LogP contribution in [0.2, 0.25) is 0 Å². The molecule has 0 heterocycles. The molecule has 1 saturated carbocycles. The quantitative estimate of drug-likeness (QED) is 0.555. The fourth-order valence-corrected chi connectivity index (χ4v) is 2.17. The van der Waals surface area contributed by atoms with E-state index in [0.29, 0.717) is 23.7 Å². The number of ketones is 1. The molecule has 0 aromatic rings. The van der Waals surface area contributed by atoms with Gasteiger partial charge in [0.15, 0.2) is 5.78 Å². The Labute approximate surface area is 86.0 Å². The van der Waals surface area contributed by atoms with Crippen LogP contribution < -0.4 is 0 Å². The van der Waals surface area contributed by atoms with Crippen LogP contribution in [0.4, 0.5) is 0 Å². The van der Waals surface area contributed by atoms with Gasteiger partial charge in [-0.25, -0.2) is 0 Å². The Morgan fingerprint density at radius 1 is 1.43 bits per heavy atom. The summed E-state index contributed by atoms with van der Waals surface area (Å²) in [7, 11) is 0. The third kappa shape index (κ3) is 2.37. The van der Waals surface area contributed by atoms with Gasteiger partial charge in [-0.1, -0.05) is 13.8 Å². The number of aliphatic hydroxyl groups excluding tert-OH is 1. The van der Waals surface area contributed by atoms with E-state index in [1.54, 1.807) is 6.92 Å². The van der Waals surface area contributed by atoms with Gasteiger partial charge in [-0.15, -0.1) is 0 Å². The van der Waals surface area contributed by atoms with Crippen LogP contribution >= 0.6 is 0 Å². The van der Waals surface area contributed by atoms with Crippen molar-refractivity contribution in [2.24, 2.45) is 11.8 Å². The number of aliphatic hydroxyl groups is 1. The van der Waals surface area contributed by atoms with Crippen LogP contribution in [0, 0.1) is 11.8 Å². The number of Topliss-reactive ketones (excluding diaryl/α,β-unsaturated/α-hetero) is 1. The maximum atomic E-state index is 11.4. The maximum Gasteiger partial charge on any atom is 0.161 e. The van der Waals surface area contributed by atoms with Crippen molar-refractivity contribution in [1.29, 1.82) is 0 Å². The van der Waals surface area contributed by atoms with Gasteiger partial charge in [0.1, 0.15) is 5.76 Å².